The van der Waals surface area contributed by atoms with Crippen LogP contribution in [-0.4, -0.2) is 54.1 Å². The van der Waals surface area contributed by atoms with E-state index in [0.717, 1.165) is 17.0 Å². The Balaban J connectivity index is 1.82. The van der Waals surface area contributed by atoms with E-state index in [1.165, 1.54) is 10.6 Å². The molecule has 0 bridgehead atoms. The van der Waals surface area contributed by atoms with Gasteiger partial charge in [0.25, 0.3) is 0 Å². The van der Waals surface area contributed by atoms with E-state index in [1.54, 1.807) is 7.11 Å². The Morgan fingerprint density at radius 1 is 1.23 bits per heavy atom. The summed E-state index contributed by atoms with van der Waals surface area (Å²) in [5.41, 5.74) is 1.91. The van der Waals surface area contributed by atoms with Gasteiger partial charge in [-0.3, -0.25) is 0 Å². The third-order valence-electron chi connectivity index (χ3n) is 4.28. The molecule has 0 saturated heterocycles. The summed E-state index contributed by atoms with van der Waals surface area (Å²) < 4.78 is 38.7. The first-order chi connectivity index (χ1) is 12.5. The van der Waals surface area contributed by atoms with Crippen LogP contribution in [-0.2, 0) is 52.2 Å². The Morgan fingerprint density at radius 3 is 2.81 bits per heavy atom. The third-order valence-corrected chi connectivity index (χ3v) is 5.48. The van der Waals surface area contributed by atoms with Crippen molar-refractivity contribution in [3.05, 3.63) is 47.0 Å². The summed E-state index contributed by atoms with van der Waals surface area (Å²) in [5.74, 6) is 1.48. The lowest BCUT2D eigenvalue weighted by Gasteiger charge is -2.20. The molecular weight excluding hydrogens is 356 g/mol. The Kier molecular flexibility index (Phi) is 6.02. The van der Waals surface area contributed by atoms with Crippen molar-refractivity contribution in [1.29, 1.82) is 0 Å². The highest BCUT2D eigenvalue weighted by Crippen LogP contribution is 2.16. The minimum absolute atomic E-state index is 0.181. The fourth-order valence-corrected chi connectivity index (χ4v) is 3.72. The summed E-state index contributed by atoms with van der Waals surface area (Å²) in [6.07, 6.45) is 1.90. The molecular formula is C17H24N4O4S. The van der Waals surface area contributed by atoms with Crippen molar-refractivity contribution in [1.82, 2.24) is 19.1 Å². The maximum atomic E-state index is 12.3. The zero-order valence-corrected chi connectivity index (χ0v) is 15.9. The predicted octanol–water partition coefficient (Wildman–Crippen LogP) is 0.959. The van der Waals surface area contributed by atoms with Crippen LogP contribution in [0.1, 0.15) is 22.8 Å². The van der Waals surface area contributed by atoms with E-state index in [1.807, 2.05) is 28.8 Å². The number of ether oxygens (including phenoxy) is 2. The molecule has 1 aliphatic rings. The molecule has 0 fully saturated rings. The second-order valence-corrected chi connectivity index (χ2v) is 8.31. The van der Waals surface area contributed by atoms with Gasteiger partial charge in [-0.2, -0.15) is 4.31 Å². The van der Waals surface area contributed by atoms with Crippen molar-refractivity contribution in [2.24, 2.45) is 0 Å². The van der Waals surface area contributed by atoms with Crippen LogP contribution in [0.4, 0.5) is 0 Å². The Labute approximate surface area is 153 Å². The molecule has 0 unspecified atom stereocenters. The van der Waals surface area contributed by atoms with Crippen LogP contribution in [0.3, 0.4) is 0 Å². The van der Waals surface area contributed by atoms with Gasteiger partial charge >= 0.3 is 0 Å². The lowest BCUT2D eigenvalue weighted by atomic mass is 10.1. The van der Waals surface area contributed by atoms with Gasteiger partial charge in [-0.25, -0.2) is 8.42 Å². The van der Waals surface area contributed by atoms with Crippen LogP contribution in [0, 0.1) is 0 Å². The minimum atomic E-state index is -3.41. The SMILES string of the molecule is COCc1cccc(CN(Cc2nnc3n2CCOCC3)S(C)(=O)=O)c1. The van der Waals surface area contributed by atoms with Crippen molar-refractivity contribution in [2.45, 2.75) is 32.7 Å². The maximum Gasteiger partial charge on any atom is 0.211 e. The van der Waals surface area contributed by atoms with Crippen LogP contribution >= 0.6 is 0 Å². The quantitative estimate of drug-likeness (QED) is 0.711. The van der Waals surface area contributed by atoms with E-state index >= 15 is 0 Å². The van der Waals surface area contributed by atoms with Gasteiger partial charge in [0.05, 0.1) is 32.6 Å². The van der Waals surface area contributed by atoms with E-state index < -0.39 is 10.0 Å². The second-order valence-electron chi connectivity index (χ2n) is 6.33. The lowest BCUT2D eigenvalue weighted by molar-refractivity contribution is 0.139. The van der Waals surface area contributed by atoms with Gasteiger partial charge in [-0.15, -0.1) is 10.2 Å². The van der Waals surface area contributed by atoms with Crippen molar-refractivity contribution >= 4 is 10.0 Å². The largest absolute Gasteiger partial charge is 0.380 e. The molecule has 0 aliphatic carbocycles. The molecule has 26 heavy (non-hydrogen) atoms. The number of hydrogen-bond donors (Lipinski definition) is 0. The van der Waals surface area contributed by atoms with E-state index in [2.05, 4.69) is 10.2 Å². The first-order valence-corrected chi connectivity index (χ1v) is 10.3. The Morgan fingerprint density at radius 2 is 2.04 bits per heavy atom. The minimum Gasteiger partial charge on any atom is -0.380 e. The molecule has 8 nitrogen and oxygen atoms in total. The van der Waals surface area contributed by atoms with Crippen LogP contribution < -0.4 is 0 Å². The number of benzene rings is 1. The summed E-state index contributed by atoms with van der Waals surface area (Å²) in [5, 5.41) is 8.40. The molecule has 0 amide bonds. The van der Waals surface area contributed by atoms with Gasteiger partial charge in [0.15, 0.2) is 0 Å². The number of fused-ring (bicyclic) bond motifs is 1. The zero-order chi connectivity index (χ0) is 18.6. The van der Waals surface area contributed by atoms with Gasteiger partial charge in [0.1, 0.15) is 11.6 Å². The van der Waals surface area contributed by atoms with Gasteiger partial charge < -0.3 is 14.0 Å². The van der Waals surface area contributed by atoms with Crippen molar-refractivity contribution in [3.8, 4) is 0 Å². The van der Waals surface area contributed by atoms with E-state index in [0.29, 0.717) is 38.6 Å². The molecule has 3 rings (SSSR count). The highest BCUT2D eigenvalue weighted by molar-refractivity contribution is 7.88. The summed E-state index contributed by atoms with van der Waals surface area (Å²) in [7, 11) is -1.78. The fourth-order valence-electron chi connectivity index (χ4n) is 2.99. The monoisotopic (exact) mass is 380 g/mol. The van der Waals surface area contributed by atoms with Gasteiger partial charge in [-0.05, 0) is 11.1 Å². The predicted molar refractivity (Wildman–Crippen MR) is 95.8 cm³/mol. The van der Waals surface area contributed by atoms with Crippen molar-refractivity contribution in [3.63, 3.8) is 0 Å². The highest BCUT2D eigenvalue weighted by Gasteiger charge is 2.23. The van der Waals surface area contributed by atoms with Crippen LogP contribution in [0.5, 0.6) is 0 Å². The molecule has 9 heteroatoms. The maximum absolute atomic E-state index is 12.3. The molecule has 1 aliphatic heterocycles. The molecule has 0 spiro atoms. The molecule has 2 aromatic rings. The van der Waals surface area contributed by atoms with E-state index in [-0.39, 0.29) is 13.1 Å². The molecule has 2 heterocycles. The number of aromatic nitrogens is 3. The van der Waals surface area contributed by atoms with E-state index in [9.17, 15) is 8.42 Å². The molecule has 0 saturated carbocycles. The number of hydrogen-bond acceptors (Lipinski definition) is 6. The van der Waals surface area contributed by atoms with E-state index in [4.69, 9.17) is 9.47 Å². The fraction of sp³-hybridized carbons (Fsp3) is 0.529. The topological polar surface area (TPSA) is 86.5 Å². The van der Waals surface area contributed by atoms with Crippen molar-refractivity contribution < 1.29 is 17.9 Å². The average Bonchev–Trinajstić information content (AvgIpc) is 2.81. The molecule has 1 aromatic heterocycles. The highest BCUT2D eigenvalue weighted by atomic mass is 32.2. The Bertz CT molecular complexity index is 850. The number of nitrogens with zero attached hydrogens (tertiary/aromatic N) is 4. The molecule has 1 aromatic carbocycles. The second kappa shape index (κ2) is 8.26. The standard InChI is InChI=1S/C17H24N4O4S/c1-24-13-15-5-3-4-14(10-15)11-20(26(2,22)23)12-17-19-18-16-6-8-25-9-7-21(16)17/h3-5,10H,6-9,11-13H2,1-2H3. The molecule has 0 atom stereocenters. The summed E-state index contributed by atoms with van der Waals surface area (Å²) in [6, 6.07) is 7.73. The molecule has 142 valence electrons. The van der Waals surface area contributed by atoms with Crippen LogP contribution in [0.15, 0.2) is 24.3 Å². The smallest absolute Gasteiger partial charge is 0.211 e. The number of methoxy groups -OCH3 is 1. The third kappa shape index (κ3) is 4.67. The summed E-state index contributed by atoms with van der Waals surface area (Å²) in [4.78, 5) is 0. The molecule has 0 radical (unpaired) electrons. The summed E-state index contributed by atoms with van der Waals surface area (Å²) in [6.45, 7) is 2.77. The normalized spacial score (nSPS) is 15.0. The molecule has 0 N–H and O–H groups in total. The van der Waals surface area contributed by atoms with Crippen LogP contribution in [0.2, 0.25) is 0 Å². The zero-order valence-electron chi connectivity index (χ0n) is 15.1. The van der Waals surface area contributed by atoms with Gasteiger partial charge in [0, 0.05) is 26.6 Å². The Hall–Kier alpha value is -1.81. The number of rotatable bonds is 7. The van der Waals surface area contributed by atoms with Gasteiger partial charge in [0.2, 0.25) is 10.0 Å². The van der Waals surface area contributed by atoms with Crippen molar-refractivity contribution in [2.75, 3.05) is 26.6 Å². The summed E-state index contributed by atoms with van der Waals surface area (Å²) >= 11 is 0. The van der Waals surface area contributed by atoms with Crippen LogP contribution in [0.25, 0.3) is 0 Å². The number of sulfonamides is 1. The van der Waals surface area contributed by atoms with Gasteiger partial charge in [-0.1, -0.05) is 24.3 Å². The lowest BCUT2D eigenvalue weighted by Crippen LogP contribution is -2.30. The first-order valence-electron chi connectivity index (χ1n) is 8.48. The average molecular weight is 380 g/mol. The first kappa shape index (κ1) is 19.0.